The van der Waals surface area contributed by atoms with Crippen LogP contribution in [0.25, 0.3) is 0 Å². The van der Waals surface area contributed by atoms with Crippen LogP contribution in [-0.2, 0) is 15.0 Å². The Balaban J connectivity index is 1.91. The van der Waals surface area contributed by atoms with Crippen molar-refractivity contribution in [3.8, 4) is 0 Å². The number of amides is 1. The summed E-state index contributed by atoms with van der Waals surface area (Å²) in [4.78, 5) is 16.2. The predicted molar refractivity (Wildman–Crippen MR) is 95.3 cm³/mol. The molecule has 134 valence electrons. The molecule has 0 unspecified atom stereocenters. The van der Waals surface area contributed by atoms with Gasteiger partial charge in [0.25, 0.3) is 10.2 Å². The summed E-state index contributed by atoms with van der Waals surface area (Å²) < 4.78 is 26.7. The molecule has 0 spiro atoms. The molecule has 0 saturated carbocycles. The van der Waals surface area contributed by atoms with Gasteiger partial charge in [-0.05, 0) is 31.0 Å². The quantitative estimate of drug-likeness (QED) is 0.828. The number of nitrogens with one attached hydrogen (secondary N) is 1. The van der Waals surface area contributed by atoms with Crippen LogP contribution in [0.1, 0.15) is 11.1 Å². The average molecular weight is 354 g/mol. The third-order valence-corrected chi connectivity index (χ3v) is 5.91. The molecule has 0 aliphatic carbocycles. The van der Waals surface area contributed by atoms with E-state index < -0.39 is 10.2 Å². The Bertz CT molecular complexity index is 695. The molecule has 1 aliphatic heterocycles. The summed E-state index contributed by atoms with van der Waals surface area (Å²) in [6.45, 7) is 6.68. The first-order chi connectivity index (χ1) is 11.2. The standard InChI is InChI=1S/C16H26N4O3S/c1-13-6-5-7-15(14(13)2)19-8-10-20(11-9-19)16(21)12-17-24(22,23)18(3)4/h5-7,17H,8-12H2,1-4H3. The molecule has 1 aliphatic rings. The first-order valence-electron chi connectivity index (χ1n) is 7.98. The van der Waals surface area contributed by atoms with Crippen LogP contribution in [-0.4, -0.2) is 70.3 Å². The van der Waals surface area contributed by atoms with Crippen LogP contribution in [0.5, 0.6) is 0 Å². The van der Waals surface area contributed by atoms with Gasteiger partial charge >= 0.3 is 0 Å². The lowest BCUT2D eigenvalue weighted by Gasteiger charge is -2.37. The lowest BCUT2D eigenvalue weighted by molar-refractivity contribution is -0.130. The third-order valence-electron chi connectivity index (χ3n) is 4.44. The van der Waals surface area contributed by atoms with Crippen LogP contribution in [0, 0.1) is 13.8 Å². The van der Waals surface area contributed by atoms with Gasteiger partial charge in [-0.3, -0.25) is 4.79 Å². The number of benzene rings is 1. The van der Waals surface area contributed by atoms with E-state index in [1.807, 2.05) is 6.07 Å². The number of piperazine rings is 1. The predicted octanol–water partition coefficient (Wildman–Crippen LogP) is 0.348. The Morgan fingerprint density at radius 1 is 1.17 bits per heavy atom. The van der Waals surface area contributed by atoms with Crippen LogP contribution in [0.15, 0.2) is 18.2 Å². The Labute approximate surface area is 144 Å². The van der Waals surface area contributed by atoms with Crippen LogP contribution in [0.2, 0.25) is 0 Å². The van der Waals surface area contributed by atoms with Crippen molar-refractivity contribution in [3.05, 3.63) is 29.3 Å². The first-order valence-corrected chi connectivity index (χ1v) is 9.42. The fourth-order valence-electron chi connectivity index (χ4n) is 2.67. The summed E-state index contributed by atoms with van der Waals surface area (Å²) in [6.07, 6.45) is 0. The van der Waals surface area contributed by atoms with Crippen molar-refractivity contribution in [1.82, 2.24) is 13.9 Å². The monoisotopic (exact) mass is 354 g/mol. The number of hydrogen-bond acceptors (Lipinski definition) is 4. The second kappa shape index (κ2) is 7.50. The summed E-state index contributed by atoms with van der Waals surface area (Å²) in [5, 5.41) is 0. The Hall–Kier alpha value is -1.64. The van der Waals surface area contributed by atoms with Gasteiger partial charge in [0.1, 0.15) is 0 Å². The number of aryl methyl sites for hydroxylation is 1. The molecule has 0 atom stereocenters. The zero-order valence-corrected chi connectivity index (χ0v) is 15.6. The maximum atomic E-state index is 12.2. The highest BCUT2D eigenvalue weighted by molar-refractivity contribution is 7.87. The molecule has 1 fully saturated rings. The van der Waals surface area contributed by atoms with E-state index >= 15 is 0 Å². The second-order valence-electron chi connectivity index (χ2n) is 6.20. The summed E-state index contributed by atoms with van der Waals surface area (Å²) >= 11 is 0. The molecule has 1 aromatic rings. The number of carbonyl (C=O) groups excluding carboxylic acids is 1. The van der Waals surface area contributed by atoms with Crippen molar-refractivity contribution in [2.45, 2.75) is 13.8 Å². The van der Waals surface area contributed by atoms with Gasteiger partial charge in [-0.25, -0.2) is 0 Å². The van der Waals surface area contributed by atoms with Crippen molar-refractivity contribution >= 4 is 21.8 Å². The molecule has 1 amide bonds. The largest absolute Gasteiger partial charge is 0.368 e. The number of anilines is 1. The van der Waals surface area contributed by atoms with Crippen LogP contribution in [0.4, 0.5) is 5.69 Å². The summed E-state index contributed by atoms with van der Waals surface area (Å²) in [5.41, 5.74) is 3.72. The van der Waals surface area contributed by atoms with E-state index in [0.29, 0.717) is 13.1 Å². The van der Waals surface area contributed by atoms with Crippen molar-refractivity contribution in [3.63, 3.8) is 0 Å². The van der Waals surface area contributed by atoms with Crippen molar-refractivity contribution in [1.29, 1.82) is 0 Å². The lowest BCUT2D eigenvalue weighted by atomic mass is 10.1. The Kier molecular flexibility index (Phi) is 5.84. The zero-order chi connectivity index (χ0) is 17.9. The molecule has 0 aromatic heterocycles. The van der Waals surface area contributed by atoms with E-state index in [4.69, 9.17) is 0 Å². The van der Waals surface area contributed by atoms with Gasteiger partial charge in [0.15, 0.2) is 0 Å². The van der Waals surface area contributed by atoms with Gasteiger partial charge in [-0.15, -0.1) is 0 Å². The Morgan fingerprint density at radius 3 is 2.38 bits per heavy atom. The zero-order valence-electron chi connectivity index (χ0n) is 14.7. The van der Waals surface area contributed by atoms with Gasteiger partial charge in [0, 0.05) is 46.0 Å². The molecule has 2 rings (SSSR count). The van der Waals surface area contributed by atoms with Crippen molar-refractivity contribution < 1.29 is 13.2 Å². The third kappa shape index (κ3) is 4.25. The van der Waals surface area contributed by atoms with E-state index in [1.165, 1.54) is 30.9 Å². The molecule has 0 bridgehead atoms. The number of hydrogen-bond donors (Lipinski definition) is 1. The summed E-state index contributed by atoms with van der Waals surface area (Å²) in [6, 6.07) is 6.24. The number of nitrogens with zero attached hydrogens (tertiary/aromatic N) is 3. The maximum absolute atomic E-state index is 12.2. The molecular formula is C16H26N4O3S. The van der Waals surface area contributed by atoms with E-state index in [2.05, 4.69) is 35.6 Å². The maximum Gasteiger partial charge on any atom is 0.279 e. The molecule has 24 heavy (non-hydrogen) atoms. The number of rotatable bonds is 5. The van der Waals surface area contributed by atoms with Gasteiger partial charge < -0.3 is 9.80 Å². The minimum absolute atomic E-state index is 0.193. The molecule has 7 nitrogen and oxygen atoms in total. The smallest absolute Gasteiger partial charge is 0.279 e. The van der Waals surface area contributed by atoms with E-state index in [1.54, 1.807) is 4.90 Å². The van der Waals surface area contributed by atoms with Crippen LogP contribution < -0.4 is 9.62 Å². The molecule has 8 heteroatoms. The fourth-order valence-corrected chi connectivity index (χ4v) is 3.23. The van der Waals surface area contributed by atoms with Gasteiger partial charge in [-0.1, -0.05) is 12.1 Å². The van der Waals surface area contributed by atoms with Gasteiger partial charge in [0.2, 0.25) is 5.91 Å². The molecule has 1 heterocycles. The average Bonchev–Trinajstić information content (AvgIpc) is 2.55. The highest BCUT2D eigenvalue weighted by Crippen LogP contribution is 2.23. The van der Waals surface area contributed by atoms with Crippen molar-refractivity contribution in [2.75, 3.05) is 51.7 Å². The fraction of sp³-hybridized carbons (Fsp3) is 0.562. The van der Waals surface area contributed by atoms with E-state index in [0.717, 1.165) is 17.4 Å². The molecule has 1 aromatic carbocycles. The van der Waals surface area contributed by atoms with E-state index in [-0.39, 0.29) is 12.5 Å². The minimum Gasteiger partial charge on any atom is -0.368 e. The summed E-state index contributed by atoms with van der Waals surface area (Å²) in [5.74, 6) is -0.193. The summed E-state index contributed by atoms with van der Waals surface area (Å²) in [7, 11) is -0.718. The molecule has 0 radical (unpaired) electrons. The minimum atomic E-state index is -3.57. The van der Waals surface area contributed by atoms with Crippen molar-refractivity contribution in [2.24, 2.45) is 0 Å². The molecule has 1 N–H and O–H groups in total. The first kappa shape index (κ1) is 18.7. The van der Waals surface area contributed by atoms with Crippen LogP contribution in [0.3, 0.4) is 0 Å². The highest BCUT2D eigenvalue weighted by Gasteiger charge is 2.23. The highest BCUT2D eigenvalue weighted by atomic mass is 32.2. The number of carbonyl (C=O) groups is 1. The molecule has 1 saturated heterocycles. The molecular weight excluding hydrogens is 328 g/mol. The van der Waals surface area contributed by atoms with Gasteiger partial charge in [0.05, 0.1) is 6.54 Å². The van der Waals surface area contributed by atoms with Gasteiger partial charge in [-0.2, -0.15) is 17.4 Å². The normalized spacial score (nSPS) is 15.9. The Morgan fingerprint density at radius 2 is 1.79 bits per heavy atom. The topological polar surface area (TPSA) is 73.0 Å². The lowest BCUT2D eigenvalue weighted by Crippen LogP contribution is -2.52. The second-order valence-corrected chi connectivity index (χ2v) is 8.16. The SMILES string of the molecule is Cc1cccc(N2CCN(C(=O)CNS(=O)(=O)N(C)C)CC2)c1C. The van der Waals surface area contributed by atoms with Crippen LogP contribution >= 0.6 is 0 Å². The van der Waals surface area contributed by atoms with E-state index in [9.17, 15) is 13.2 Å².